The Morgan fingerprint density at radius 1 is 1.25 bits per heavy atom. The first kappa shape index (κ1) is 20.8. The Bertz CT molecular complexity index is 680. The minimum absolute atomic E-state index is 0.0443. The van der Waals surface area contributed by atoms with Gasteiger partial charge in [-0.3, -0.25) is 9.59 Å². The van der Waals surface area contributed by atoms with Crippen LogP contribution in [0.3, 0.4) is 0 Å². The maximum atomic E-state index is 12.8. The van der Waals surface area contributed by atoms with Crippen molar-refractivity contribution in [1.29, 1.82) is 0 Å². The Labute approximate surface area is 169 Å². The maximum Gasteiger partial charge on any atom is 0.227 e. The molecule has 0 saturated carbocycles. The van der Waals surface area contributed by atoms with Gasteiger partial charge in [0.1, 0.15) is 0 Å². The highest BCUT2D eigenvalue weighted by Crippen LogP contribution is 2.28. The monoisotopic (exact) mass is 385 g/mol. The van der Waals surface area contributed by atoms with Crippen LogP contribution in [0, 0.1) is 5.92 Å². The molecule has 0 aliphatic carbocycles. The van der Waals surface area contributed by atoms with Crippen molar-refractivity contribution in [3.05, 3.63) is 29.8 Å². The molecule has 0 radical (unpaired) electrons. The van der Waals surface area contributed by atoms with Gasteiger partial charge in [0.25, 0.3) is 0 Å². The van der Waals surface area contributed by atoms with E-state index >= 15 is 0 Å². The van der Waals surface area contributed by atoms with E-state index in [2.05, 4.69) is 43.1 Å². The highest BCUT2D eigenvalue weighted by atomic mass is 16.2. The second kappa shape index (κ2) is 9.55. The number of amides is 2. The lowest BCUT2D eigenvalue weighted by molar-refractivity contribution is -0.127. The van der Waals surface area contributed by atoms with Gasteiger partial charge in [0.05, 0.1) is 5.92 Å². The Balaban J connectivity index is 1.52. The quantitative estimate of drug-likeness (QED) is 0.781. The number of carbonyl (C=O) groups is 2. The minimum Gasteiger partial charge on any atom is -0.353 e. The summed E-state index contributed by atoms with van der Waals surface area (Å²) in [4.78, 5) is 29.6. The van der Waals surface area contributed by atoms with Crippen molar-refractivity contribution in [3.8, 4) is 0 Å². The summed E-state index contributed by atoms with van der Waals surface area (Å²) in [5, 5.41) is 3.22. The Hall–Kier alpha value is -1.88. The molecule has 2 saturated heterocycles. The zero-order chi connectivity index (χ0) is 20.1. The standard InChI is InChI=1S/C23H35N3O2/c1-4-5-11-25-12-9-20(10-13-25)24-23(28)19-15-22(27)26(16-19)21-8-6-7-18(14-21)17(2)3/h6-8,14,17,19-20H,4-5,9-13,15-16H2,1-3H3,(H,24,28). The number of rotatable bonds is 7. The van der Waals surface area contributed by atoms with Crippen LogP contribution in [0.1, 0.15) is 64.4 Å². The van der Waals surface area contributed by atoms with E-state index in [9.17, 15) is 9.59 Å². The van der Waals surface area contributed by atoms with Gasteiger partial charge in [0, 0.05) is 37.8 Å². The molecule has 1 N–H and O–H groups in total. The fourth-order valence-electron chi connectivity index (χ4n) is 4.19. The fourth-order valence-corrected chi connectivity index (χ4v) is 4.19. The molecule has 2 amide bonds. The summed E-state index contributed by atoms with van der Waals surface area (Å²) >= 11 is 0. The van der Waals surface area contributed by atoms with Gasteiger partial charge in [-0.2, -0.15) is 0 Å². The van der Waals surface area contributed by atoms with Crippen LogP contribution >= 0.6 is 0 Å². The number of benzene rings is 1. The Morgan fingerprint density at radius 3 is 2.68 bits per heavy atom. The molecule has 1 aromatic carbocycles. The zero-order valence-electron chi connectivity index (χ0n) is 17.6. The summed E-state index contributed by atoms with van der Waals surface area (Å²) in [7, 11) is 0. The predicted molar refractivity (Wildman–Crippen MR) is 114 cm³/mol. The lowest BCUT2D eigenvalue weighted by Gasteiger charge is -2.32. The van der Waals surface area contributed by atoms with Crippen LogP contribution in [0.2, 0.25) is 0 Å². The van der Waals surface area contributed by atoms with Gasteiger partial charge >= 0.3 is 0 Å². The summed E-state index contributed by atoms with van der Waals surface area (Å²) < 4.78 is 0. The smallest absolute Gasteiger partial charge is 0.227 e. The molecule has 1 unspecified atom stereocenters. The van der Waals surface area contributed by atoms with Crippen molar-refractivity contribution >= 4 is 17.5 Å². The number of nitrogens with zero attached hydrogens (tertiary/aromatic N) is 2. The third-order valence-corrected chi connectivity index (χ3v) is 6.11. The topological polar surface area (TPSA) is 52.7 Å². The summed E-state index contributed by atoms with van der Waals surface area (Å²) in [5.74, 6) is 0.270. The molecule has 5 nitrogen and oxygen atoms in total. The van der Waals surface area contributed by atoms with Crippen molar-refractivity contribution < 1.29 is 9.59 Å². The molecule has 154 valence electrons. The van der Waals surface area contributed by atoms with Crippen LogP contribution in [-0.2, 0) is 9.59 Å². The van der Waals surface area contributed by atoms with E-state index in [0.717, 1.165) is 31.6 Å². The molecule has 1 aromatic rings. The second-order valence-electron chi connectivity index (χ2n) is 8.63. The van der Waals surface area contributed by atoms with Crippen molar-refractivity contribution in [2.45, 2.75) is 64.8 Å². The number of likely N-dealkylation sites (tertiary alicyclic amines) is 1. The highest BCUT2D eigenvalue weighted by Gasteiger charge is 2.36. The van der Waals surface area contributed by atoms with Gasteiger partial charge < -0.3 is 15.1 Å². The van der Waals surface area contributed by atoms with E-state index in [0.29, 0.717) is 18.9 Å². The van der Waals surface area contributed by atoms with E-state index in [-0.39, 0.29) is 23.8 Å². The predicted octanol–water partition coefficient (Wildman–Crippen LogP) is 3.54. The number of anilines is 1. The van der Waals surface area contributed by atoms with Gasteiger partial charge in [-0.05, 0) is 49.4 Å². The minimum atomic E-state index is -0.242. The van der Waals surface area contributed by atoms with Crippen molar-refractivity contribution in [3.63, 3.8) is 0 Å². The molecule has 5 heteroatoms. The maximum absolute atomic E-state index is 12.8. The molecule has 2 heterocycles. The summed E-state index contributed by atoms with van der Waals surface area (Å²) in [6, 6.07) is 8.38. The number of piperidine rings is 1. The molecular formula is C23H35N3O2. The van der Waals surface area contributed by atoms with Crippen LogP contribution in [0.25, 0.3) is 0 Å². The van der Waals surface area contributed by atoms with E-state index in [1.807, 2.05) is 12.1 Å². The first-order valence-electron chi connectivity index (χ1n) is 10.9. The molecule has 2 aliphatic heterocycles. The van der Waals surface area contributed by atoms with Gasteiger partial charge in [0.2, 0.25) is 11.8 Å². The van der Waals surface area contributed by atoms with Gasteiger partial charge in [-0.15, -0.1) is 0 Å². The van der Waals surface area contributed by atoms with E-state index in [1.165, 1.54) is 24.9 Å². The van der Waals surface area contributed by atoms with Crippen LogP contribution in [-0.4, -0.2) is 48.9 Å². The van der Waals surface area contributed by atoms with Gasteiger partial charge in [-0.1, -0.05) is 39.3 Å². The van der Waals surface area contributed by atoms with Crippen molar-refractivity contribution in [2.24, 2.45) is 5.92 Å². The molecule has 3 rings (SSSR count). The number of hydrogen-bond donors (Lipinski definition) is 1. The molecule has 28 heavy (non-hydrogen) atoms. The van der Waals surface area contributed by atoms with Crippen LogP contribution < -0.4 is 10.2 Å². The van der Waals surface area contributed by atoms with Crippen LogP contribution in [0.4, 0.5) is 5.69 Å². The van der Waals surface area contributed by atoms with E-state index in [1.54, 1.807) is 4.90 Å². The Morgan fingerprint density at radius 2 is 2.00 bits per heavy atom. The normalized spacial score (nSPS) is 21.5. The molecule has 2 fully saturated rings. The number of hydrogen-bond acceptors (Lipinski definition) is 3. The lowest BCUT2D eigenvalue weighted by atomic mass is 10.0. The van der Waals surface area contributed by atoms with E-state index < -0.39 is 0 Å². The Kier molecular flexibility index (Phi) is 7.11. The molecule has 1 atom stereocenters. The van der Waals surface area contributed by atoms with Crippen LogP contribution in [0.5, 0.6) is 0 Å². The molecular weight excluding hydrogens is 350 g/mol. The molecule has 0 spiro atoms. The molecule has 0 bridgehead atoms. The number of carbonyl (C=O) groups excluding carboxylic acids is 2. The van der Waals surface area contributed by atoms with Gasteiger partial charge in [0.15, 0.2) is 0 Å². The zero-order valence-corrected chi connectivity index (χ0v) is 17.6. The lowest BCUT2D eigenvalue weighted by Crippen LogP contribution is -2.46. The third kappa shape index (κ3) is 5.13. The summed E-state index contributed by atoms with van der Waals surface area (Å²) in [6.07, 6.45) is 4.80. The number of nitrogens with one attached hydrogen (secondary N) is 1. The van der Waals surface area contributed by atoms with Crippen molar-refractivity contribution in [2.75, 3.05) is 31.1 Å². The summed E-state index contributed by atoms with van der Waals surface area (Å²) in [6.45, 7) is 10.3. The average molecular weight is 386 g/mol. The van der Waals surface area contributed by atoms with Gasteiger partial charge in [-0.25, -0.2) is 0 Å². The largest absolute Gasteiger partial charge is 0.353 e. The SMILES string of the molecule is CCCCN1CCC(NC(=O)C2CC(=O)N(c3cccc(C(C)C)c3)C2)CC1. The van der Waals surface area contributed by atoms with Crippen LogP contribution in [0.15, 0.2) is 24.3 Å². The molecule has 2 aliphatic rings. The van der Waals surface area contributed by atoms with E-state index in [4.69, 9.17) is 0 Å². The van der Waals surface area contributed by atoms with Crippen molar-refractivity contribution in [1.82, 2.24) is 10.2 Å². The average Bonchev–Trinajstić information content (AvgIpc) is 3.09. The second-order valence-corrected chi connectivity index (χ2v) is 8.63. The highest BCUT2D eigenvalue weighted by molar-refractivity contribution is 6.00. The third-order valence-electron chi connectivity index (χ3n) is 6.11. The molecule has 0 aromatic heterocycles. The summed E-state index contributed by atoms with van der Waals surface area (Å²) in [5.41, 5.74) is 2.13. The fraction of sp³-hybridized carbons (Fsp3) is 0.652. The number of unbranched alkanes of at least 4 members (excludes halogenated alkanes) is 1. The first-order chi connectivity index (χ1) is 13.5. The first-order valence-corrected chi connectivity index (χ1v) is 10.9.